The maximum absolute atomic E-state index is 14.8. The summed E-state index contributed by atoms with van der Waals surface area (Å²) in [6.07, 6.45) is 9.28. The predicted molar refractivity (Wildman–Crippen MR) is 383 cm³/mol. The monoisotopic (exact) mass is 1360 g/mol. The van der Waals surface area contributed by atoms with Gasteiger partial charge in [0.05, 0.1) is 68.3 Å². The Bertz CT molecular complexity index is 3950. The van der Waals surface area contributed by atoms with Gasteiger partial charge in [-0.15, -0.1) is 0 Å². The largest absolute Gasteiger partial charge is 0.508 e. The Morgan fingerprint density at radius 2 is 0.670 bits per heavy atom. The summed E-state index contributed by atoms with van der Waals surface area (Å²) in [4.78, 5) is 45.7. The highest BCUT2D eigenvalue weighted by molar-refractivity contribution is 5.75. The summed E-state index contributed by atoms with van der Waals surface area (Å²) < 4.78 is 71.4. The Morgan fingerprint density at radius 3 is 0.970 bits per heavy atom. The van der Waals surface area contributed by atoms with Crippen molar-refractivity contribution in [2.75, 3.05) is 42.7 Å². The van der Waals surface area contributed by atoms with Crippen molar-refractivity contribution in [3.8, 4) is 56.8 Å². The molecule has 528 valence electrons. The van der Waals surface area contributed by atoms with Gasteiger partial charge in [-0.3, -0.25) is 19.2 Å². The normalized spacial score (nSPS) is 16.1. The van der Waals surface area contributed by atoms with Crippen molar-refractivity contribution < 1.29 is 76.1 Å². The first-order chi connectivity index (χ1) is 47.8. The number of carbonyl (C=O) groups excluding carboxylic acids is 4. The lowest BCUT2D eigenvalue weighted by molar-refractivity contribution is -0.142. The molecule has 0 aromatic heterocycles. The molecule has 2 N–H and O–H groups in total. The summed E-state index contributed by atoms with van der Waals surface area (Å²) in [5, 5.41) is 18.6. The molecule has 0 bridgehead atoms. The molecule has 100 heavy (non-hydrogen) atoms. The molecule has 8 aromatic carbocycles. The average molecular weight is 1370 g/mol. The topological polar surface area (TPSA) is 183 Å². The molecule has 8 aromatic rings. The Labute approximate surface area is 586 Å². The molecule has 4 aliphatic carbocycles. The second-order valence-corrected chi connectivity index (χ2v) is 28.1. The molecule has 12 rings (SSSR count). The summed E-state index contributed by atoms with van der Waals surface area (Å²) in [6, 6.07) is 44.7. The first-order valence-corrected chi connectivity index (χ1v) is 34.2. The zero-order valence-corrected chi connectivity index (χ0v) is 59.6. The standard InChI is InChI=1S/2C30H33FO4.2C12H14O3/c2*1-30(2,3)27-14-19(6-11-25(27)26-17-22(33-4)10-13-28(26)31)18-35-23-9-12-24-20(15-23)7-8-21(24)16-29(32)34-5;2*1-15-12(14)7-9-3-2-8-6-10(13)4-5-11(8)9/h2*6,9-15,17,21H,7-8,16,18H2,1-5H3;2*4-6,9,13H,2-3,7H2,1H3/t2*21-;2*9-/m1010/s1. The number of ether oxygens (including phenoxy) is 8. The Morgan fingerprint density at radius 1 is 0.370 bits per heavy atom. The number of esters is 4. The van der Waals surface area contributed by atoms with Crippen molar-refractivity contribution in [1.82, 2.24) is 0 Å². The first kappa shape index (κ1) is 74.5. The third kappa shape index (κ3) is 19.0. The number of phenolic OH excluding ortho intramolecular Hbond substituents is 2. The summed E-state index contributed by atoms with van der Waals surface area (Å²) in [7, 11) is 8.85. The fraction of sp³-hybridized carbons (Fsp3) is 0.381. The zero-order valence-electron chi connectivity index (χ0n) is 59.6. The van der Waals surface area contributed by atoms with Crippen LogP contribution in [0.1, 0.15) is 183 Å². The number of halogens is 2. The van der Waals surface area contributed by atoms with Gasteiger partial charge in [0.15, 0.2) is 0 Å². The van der Waals surface area contributed by atoms with Gasteiger partial charge in [-0.1, -0.05) is 102 Å². The number of fused-ring (bicyclic) bond motifs is 4. The van der Waals surface area contributed by atoms with E-state index in [9.17, 15) is 38.2 Å². The van der Waals surface area contributed by atoms with Gasteiger partial charge in [-0.05, 0) is 249 Å². The van der Waals surface area contributed by atoms with Crippen molar-refractivity contribution in [1.29, 1.82) is 0 Å². The molecule has 16 heteroatoms. The minimum absolute atomic E-state index is 0.166. The van der Waals surface area contributed by atoms with Crippen LogP contribution in [0.4, 0.5) is 8.78 Å². The Kier molecular flexibility index (Phi) is 24.9. The number of carbonyl (C=O) groups is 4. The minimum atomic E-state index is -0.274. The molecule has 0 amide bonds. The van der Waals surface area contributed by atoms with Crippen LogP contribution in [0.25, 0.3) is 22.3 Å². The number of aromatic hydroxyl groups is 2. The fourth-order valence-electron chi connectivity index (χ4n) is 14.0. The van der Waals surface area contributed by atoms with E-state index in [-0.39, 0.29) is 70.0 Å². The van der Waals surface area contributed by atoms with Crippen molar-refractivity contribution in [3.05, 3.63) is 224 Å². The molecule has 14 nitrogen and oxygen atoms in total. The van der Waals surface area contributed by atoms with Crippen LogP contribution in [0.3, 0.4) is 0 Å². The van der Waals surface area contributed by atoms with Crippen LogP contribution in [0, 0.1) is 11.6 Å². The molecular formula is C84H94F2O14. The number of rotatable bonds is 18. The number of aryl methyl sites for hydroxylation is 4. The molecule has 4 atom stereocenters. The number of phenols is 2. The van der Waals surface area contributed by atoms with E-state index in [4.69, 9.17) is 28.4 Å². The van der Waals surface area contributed by atoms with E-state index in [1.807, 2.05) is 48.5 Å². The lowest BCUT2D eigenvalue weighted by Gasteiger charge is -2.24. The average Bonchev–Trinajstić information content (AvgIpc) is 1.41. The van der Waals surface area contributed by atoms with Crippen molar-refractivity contribution in [2.45, 2.75) is 166 Å². The zero-order chi connectivity index (χ0) is 72.0. The van der Waals surface area contributed by atoms with Crippen LogP contribution in [0.2, 0.25) is 0 Å². The molecule has 0 heterocycles. The van der Waals surface area contributed by atoms with E-state index in [1.54, 1.807) is 62.8 Å². The SMILES string of the molecule is COC(=O)C[C@@H]1CCc2cc(O)ccc21.COC(=O)C[C@@H]1CCc2cc(OCc3ccc(-c4cc(OC)ccc4F)c(C(C)(C)C)c3)ccc21.COC(=O)C[C@H]1CCc2cc(O)ccc21.COC(=O)C[C@H]1CCc2cc(OCc3ccc(-c4cc(OC)ccc4F)c(C(C)(C)C)c3)ccc21. The summed E-state index contributed by atoms with van der Waals surface area (Å²) in [5.74, 6) is 3.18. The molecule has 0 saturated heterocycles. The van der Waals surface area contributed by atoms with E-state index in [0.29, 0.717) is 73.0 Å². The van der Waals surface area contributed by atoms with Crippen LogP contribution >= 0.6 is 0 Å². The minimum Gasteiger partial charge on any atom is -0.508 e. The molecular weight excluding hydrogens is 1270 g/mol. The van der Waals surface area contributed by atoms with Gasteiger partial charge in [0.2, 0.25) is 0 Å². The van der Waals surface area contributed by atoms with E-state index < -0.39 is 0 Å². The highest BCUT2D eigenvalue weighted by Crippen LogP contribution is 2.44. The van der Waals surface area contributed by atoms with Gasteiger partial charge >= 0.3 is 23.9 Å². The number of hydrogen-bond donors (Lipinski definition) is 2. The highest BCUT2D eigenvalue weighted by Gasteiger charge is 2.30. The van der Waals surface area contributed by atoms with Crippen molar-refractivity contribution >= 4 is 23.9 Å². The van der Waals surface area contributed by atoms with Gasteiger partial charge in [0.25, 0.3) is 0 Å². The number of hydrogen-bond acceptors (Lipinski definition) is 14. The van der Waals surface area contributed by atoms with Gasteiger partial charge in [-0.25, -0.2) is 8.78 Å². The van der Waals surface area contributed by atoms with Crippen molar-refractivity contribution in [2.24, 2.45) is 0 Å². The summed E-state index contributed by atoms with van der Waals surface area (Å²) in [6.45, 7) is 13.6. The molecule has 0 spiro atoms. The second-order valence-electron chi connectivity index (χ2n) is 28.1. The van der Waals surface area contributed by atoms with Gasteiger partial charge in [-0.2, -0.15) is 0 Å². The lowest BCUT2D eigenvalue weighted by atomic mass is 9.81. The highest BCUT2D eigenvalue weighted by atomic mass is 19.1. The van der Waals surface area contributed by atoms with Crippen LogP contribution < -0.4 is 18.9 Å². The molecule has 0 fully saturated rings. The number of methoxy groups -OCH3 is 6. The summed E-state index contributed by atoms with van der Waals surface area (Å²) in [5.41, 5.74) is 16.1. The second kappa shape index (κ2) is 33.4. The van der Waals surface area contributed by atoms with E-state index in [1.165, 1.54) is 74.0 Å². The molecule has 0 radical (unpaired) electrons. The van der Waals surface area contributed by atoms with E-state index in [2.05, 4.69) is 87.4 Å². The van der Waals surface area contributed by atoms with Crippen LogP contribution in [0.15, 0.2) is 146 Å². The smallest absolute Gasteiger partial charge is 0.306 e. The first-order valence-electron chi connectivity index (χ1n) is 34.2. The number of benzene rings is 8. The van der Waals surface area contributed by atoms with Gasteiger partial charge in [0.1, 0.15) is 59.3 Å². The summed E-state index contributed by atoms with van der Waals surface area (Å²) >= 11 is 0. The molecule has 0 saturated carbocycles. The molecule has 0 unspecified atom stereocenters. The quantitative estimate of drug-likeness (QED) is 0.0611. The maximum Gasteiger partial charge on any atom is 0.306 e. The van der Waals surface area contributed by atoms with E-state index >= 15 is 0 Å². The fourth-order valence-corrected chi connectivity index (χ4v) is 14.0. The maximum atomic E-state index is 14.8. The third-order valence-electron chi connectivity index (χ3n) is 19.4. The Hall–Kier alpha value is -9.70. The van der Waals surface area contributed by atoms with E-state index in [0.717, 1.165) is 107 Å². The van der Waals surface area contributed by atoms with Crippen LogP contribution in [-0.4, -0.2) is 76.7 Å². The Balaban J connectivity index is 0.000000167. The van der Waals surface area contributed by atoms with Gasteiger partial charge in [0, 0.05) is 11.1 Å². The molecule has 0 aliphatic heterocycles. The predicted octanol–water partition coefficient (Wildman–Crippen LogP) is 17.9. The van der Waals surface area contributed by atoms with Crippen molar-refractivity contribution in [3.63, 3.8) is 0 Å². The van der Waals surface area contributed by atoms with Crippen LogP contribution in [-0.2, 0) is 87.9 Å². The van der Waals surface area contributed by atoms with Gasteiger partial charge < -0.3 is 48.1 Å². The third-order valence-corrected chi connectivity index (χ3v) is 19.4. The lowest BCUT2D eigenvalue weighted by Crippen LogP contribution is -2.14. The molecule has 4 aliphatic rings. The van der Waals surface area contributed by atoms with Crippen LogP contribution in [0.5, 0.6) is 34.5 Å².